The standard InChI is InChI=1S/C26H38O4/c1-26(9-3-2-4-10-26)11-5-6-12-29-22(27)16-30-25(28)21-15-19-14-20(21)24-18-8-7-17(13-18)23(19)24/h7-8,17-21,23-24H,2-6,9-16H2,1H3. The first-order valence-electron chi connectivity index (χ1n) is 12.5. The Labute approximate surface area is 181 Å². The summed E-state index contributed by atoms with van der Waals surface area (Å²) >= 11 is 0. The second-order valence-corrected chi connectivity index (χ2v) is 11.3. The fraction of sp³-hybridized carbons (Fsp3) is 0.846. The van der Waals surface area contributed by atoms with E-state index in [4.69, 9.17) is 9.47 Å². The van der Waals surface area contributed by atoms with Crippen LogP contribution in [-0.2, 0) is 19.1 Å². The minimum Gasteiger partial charge on any atom is -0.463 e. The summed E-state index contributed by atoms with van der Waals surface area (Å²) in [4.78, 5) is 24.7. The monoisotopic (exact) mass is 414 g/mol. The summed E-state index contributed by atoms with van der Waals surface area (Å²) in [6.45, 7) is 2.63. The van der Waals surface area contributed by atoms with E-state index in [9.17, 15) is 9.59 Å². The van der Waals surface area contributed by atoms with Gasteiger partial charge >= 0.3 is 11.9 Å². The van der Waals surface area contributed by atoms with E-state index < -0.39 is 5.97 Å². The minimum atomic E-state index is -0.392. The molecule has 4 saturated carbocycles. The van der Waals surface area contributed by atoms with Crippen molar-refractivity contribution in [2.45, 2.75) is 77.6 Å². The van der Waals surface area contributed by atoms with Gasteiger partial charge in [-0.1, -0.05) is 38.3 Å². The van der Waals surface area contributed by atoms with Gasteiger partial charge in [0.2, 0.25) is 0 Å². The van der Waals surface area contributed by atoms with Crippen molar-refractivity contribution in [1.29, 1.82) is 0 Å². The van der Waals surface area contributed by atoms with Crippen LogP contribution in [0.2, 0.25) is 0 Å². The summed E-state index contributed by atoms with van der Waals surface area (Å²) in [6.07, 6.45) is 18.3. The molecule has 30 heavy (non-hydrogen) atoms. The summed E-state index contributed by atoms with van der Waals surface area (Å²) in [5, 5.41) is 0. The Balaban J connectivity index is 0.988. The Bertz CT molecular complexity index is 691. The molecule has 7 atom stereocenters. The number of ether oxygens (including phenoxy) is 2. The molecule has 5 aliphatic carbocycles. The van der Waals surface area contributed by atoms with Crippen LogP contribution in [0.4, 0.5) is 0 Å². The maximum absolute atomic E-state index is 12.7. The zero-order chi connectivity index (χ0) is 20.7. The van der Waals surface area contributed by atoms with Crippen molar-refractivity contribution in [2.24, 2.45) is 46.8 Å². The topological polar surface area (TPSA) is 52.6 Å². The molecule has 0 N–H and O–H groups in total. The van der Waals surface area contributed by atoms with Crippen molar-refractivity contribution in [3.63, 3.8) is 0 Å². The molecule has 0 spiro atoms. The van der Waals surface area contributed by atoms with Gasteiger partial charge in [0, 0.05) is 0 Å². The van der Waals surface area contributed by atoms with Gasteiger partial charge in [-0.15, -0.1) is 0 Å². The summed E-state index contributed by atoms with van der Waals surface area (Å²) in [5.74, 6) is 3.58. The summed E-state index contributed by atoms with van der Waals surface area (Å²) in [7, 11) is 0. The lowest BCUT2D eigenvalue weighted by Gasteiger charge is -2.35. The Hall–Kier alpha value is -1.32. The third-order valence-electron chi connectivity index (χ3n) is 9.40. The number of unbranched alkanes of at least 4 members (excludes halogenated alkanes) is 1. The van der Waals surface area contributed by atoms with Gasteiger partial charge in [0.15, 0.2) is 6.61 Å². The maximum atomic E-state index is 12.7. The highest BCUT2D eigenvalue weighted by atomic mass is 16.6. The predicted molar refractivity (Wildman–Crippen MR) is 114 cm³/mol. The van der Waals surface area contributed by atoms with Crippen molar-refractivity contribution in [3.05, 3.63) is 12.2 Å². The lowest BCUT2D eigenvalue weighted by atomic mass is 9.69. The van der Waals surface area contributed by atoms with Gasteiger partial charge in [-0.2, -0.15) is 0 Å². The lowest BCUT2D eigenvalue weighted by molar-refractivity contribution is -0.163. The molecule has 0 amide bonds. The van der Waals surface area contributed by atoms with Gasteiger partial charge in [-0.3, -0.25) is 4.79 Å². The van der Waals surface area contributed by atoms with E-state index in [0.717, 1.165) is 31.1 Å². The molecule has 5 aliphatic rings. The number of carbonyl (C=O) groups is 2. The van der Waals surface area contributed by atoms with E-state index in [-0.39, 0.29) is 18.5 Å². The zero-order valence-electron chi connectivity index (χ0n) is 18.5. The zero-order valence-corrected chi connectivity index (χ0v) is 18.5. The van der Waals surface area contributed by atoms with Gasteiger partial charge in [0.05, 0.1) is 12.5 Å². The average Bonchev–Trinajstić information content (AvgIpc) is 3.51. The SMILES string of the molecule is CC1(CCCCOC(=O)COC(=O)C2CC3CC2C2C4C=CC(C4)C32)CCCCC1. The van der Waals surface area contributed by atoms with Crippen LogP contribution in [0.25, 0.3) is 0 Å². The number of carbonyl (C=O) groups excluding carboxylic acids is 2. The van der Waals surface area contributed by atoms with E-state index in [1.165, 1.54) is 51.4 Å². The van der Waals surface area contributed by atoms with Gasteiger partial charge in [0.1, 0.15) is 0 Å². The molecule has 0 heterocycles. The highest BCUT2D eigenvalue weighted by Gasteiger charge is 2.62. The third kappa shape index (κ3) is 3.84. The molecule has 0 aromatic heterocycles. The van der Waals surface area contributed by atoms with Crippen LogP contribution < -0.4 is 0 Å². The molecule has 5 rings (SSSR count). The van der Waals surface area contributed by atoms with Crippen LogP contribution in [0.5, 0.6) is 0 Å². The normalized spacial score (nSPS) is 39.8. The molecular formula is C26H38O4. The van der Waals surface area contributed by atoms with E-state index in [1.54, 1.807) is 0 Å². The van der Waals surface area contributed by atoms with E-state index in [2.05, 4.69) is 19.1 Å². The van der Waals surface area contributed by atoms with Crippen LogP contribution in [0.15, 0.2) is 12.2 Å². The van der Waals surface area contributed by atoms with Crippen molar-refractivity contribution in [1.82, 2.24) is 0 Å². The molecule has 4 nitrogen and oxygen atoms in total. The van der Waals surface area contributed by atoms with Gasteiger partial charge < -0.3 is 9.47 Å². The fourth-order valence-electron chi connectivity index (χ4n) is 8.06. The summed E-state index contributed by atoms with van der Waals surface area (Å²) < 4.78 is 10.7. The van der Waals surface area contributed by atoms with E-state index >= 15 is 0 Å². The summed E-state index contributed by atoms with van der Waals surface area (Å²) in [5.41, 5.74) is 0.492. The Kier molecular flexibility index (Phi) is 5.70. The van der Waals surface area contributed by atoms with Crippen molar-refractivity contribution in [2.75, 3.05) is 13.2 Å². The molecule has 0 aromatic carbocycles. The molecule has 0 radical (unpaired) electrons. The minimum absolute atomic E-state index is 0.00744. The third-order valence-corrected chi connectivity index (χ3v) is 9.40. The Morgan fingerprint density at radius 2 is 1.70 bits per heavy atom. The highest BCUT2D eigenvalue weighted by molar-refractivity contribution is 5.78. The highest BCUT2D eigenvalue weighted by Crippen LogP contribution is 2.67. The first-order chi connectivity index (χ1) is 14.5. The maximum Gasteiger partial charge on any atom is 0.344 e. The smallest absolute Gasteiger partial charge is 0.344 e. The van der Waals surface area contributed by atoms with Crippen LogP contribution in [0.3, 0.4) is 0 Å². The van der Waals surface area contributed by atoms with Gasteiger partial charge in [-0.25, -0.2) is 4.79 Å². The van der Waals surface area contributed by atoms with Gasteiger partial charge in [0.25, 0.3) is 0 Å². The number of esters is 2. The molecule has 0 aliphatic heterocycles. The van der Waals surface area contributed by atoms with Crippen LogP contribution in [0, 0.1) is 46.8 Å². The number of hydrogen-bond acceptors (Lipinski definition) is 4. The molecule has 0 saturated heterocycles. The van der Waals surface area contributed by atoms with Crippen LogP contribution in [0.1, 0.15) is 77.6 Å². The molecule has 7 unspecified atom stereocenters. The largest absolute Gasteiger partial charge is 0.463 e. The van der Waals surface area contributed by atoms with Gasteiger partial charge in [-0.05, 0) is 92.3 Å². The van der Waals surface area contributed by atoms with Crippen molar-refractivity contribution < 1.29 is 19.1 Å². The second kappa shape index (κ2) is 8.31. The first kappa shape index (κ1) is 20.6. The molecule has 0 aromatic rings. The Morgan fingerprint density at radius 1 is 0.933 bits per heavy atom. The number of fused-ring (bicyclic) bond motifs is 9. The average molecular weight is 415 g/mol. The number of allylic oxidation sites excluding steroid dienone is 2. The molecular weight excluding hydrogens is 376 g/mol. The summed E-state index contributed by atoms with van der Waals surface area (Å²) in [6, 6.07) is 0. The van der Waals surface area contributed by atoms with E-state index in [1.807, 2.05) is 0 Å². The number of hydrogen-bond donors (Lipinski definition) is 0. The predicted octanol–water partition coefficient (Wildman–Crippen LogP) is 5.31. The molecule has 166 valence electrons. The Morgan fingerprint density at radius 3 is 2.50 bits per heavy atom. The number of rotatable bonds is 8. The second-order valence-electron chi connectivity index (χ2n) is 11.3. The lowest BCUT2D eigenvalue weighted by Crippen LogP contribution is -2.35. The van der Waals surface area contributed by atoms with Crippen molar-refractivity contribution in [3.8, 4) is 0 Å². The molecule has 4 bridgehead atoms. The first-order valence-corrected chi connectivity index (χ1v) is 12.5. The molecule has 4 heteroatoms. The fourth-order valence-corrected chi connectivity index (χ4v) is 8.06. The van der Waals surface area contributed by atoms with Crippen molar-refractivity contribution >= 4 is 11.9 Å². The van der Waals surface area contributed by atoms with E-state index in [0.29, 0.717) is 35.7 Å². The molecule has 4 fully saturated rings. The van der Waals surface area contributed by atoms with Crippen LogP contribution in [-0.4, -0.2) is 25.2 Å². The quantitative estimate of drug-likeness (QED) is 0.234. The van der Waals surface area contributed by atoms with Crippen LogP contribution >= 0.6 is 0 Å².